The van der Waals surface area contributed by atoms with Crippen LogP contribution in [0, 0.1) is 11.6 Å². The van der Waals surface area contributed by atoms with Gasteiger partial charge in [-0.3, -0.25) is 4.98 Å². The lowest BCUT2D eigenvalue weighted by Crippen LogP contribution is -2.16. The molecule has 7 heteroatoms. The fourth-order valence-corrected chi connectivity index (χ4v) is 1.98. The number of benzene rings is 1. The van der Waals surface area contributed by atoms with E-state index >= 15 is 0 Å². The largest absolute Gasteiger partial charge is 0.320 e. The van der Waals surface area contributed by atoms with Gasteiger partial charge in [0.15, 0.2) is 0 Å². The first-order valence-corrected chi connectivity index (χ1v) is 6.33. The summed E-state index contributed by atoms with van der Waals surface area (Å²) in [4.78, 5) is 3.61. The number of rotatable bonds is 3. The molecule has 2 rings (SSSR count). The van der Waals surface area contributed by atoms with Gasteiger partial charge in [-0.05, 0) is 17.7 Å². The van der Waals surface area contributed by atoms with Crippen LogP contribution in [-0.4, -0.2) is 4.98 Å². The number of nitrogens with two attached hydrogens (primary N) is 1. The number of hydrogen-bond acceptors (Lipinski definition) is 2. The predicted octanol–water partition coefficient (Wildman–Crippen LogP) is 4.17. The topological polar surface area (TPSA) is 38.9 Å². The maximum atomic E-state index is 13.9. The van der Waals surface area contributed by atoms with Gasteiger partial charge in [-0.1, -0.05) is 23.7 Å². The SMILES string of the molecule is CC(F)(F)c1ccc(C(N)c2ccc(F)c(Cl)c2F)cn1. The zero-order valence-corrected chi connectivity index (χ0v) is 11.6. The van der Waals surface area contributed by atoms with E-state index < -0.39 is 34.3 Å². The molecule has 2 aromatic rings. The molecule has 1 aromatic carbocycles. The van der Waals surface area contributed by atoms with E-state index in [4.69, 9.17) is 17.3 Å². The fourth-order valence-electron chi connectivity index (χ4n) is 1.81. The molecule has 0 aliphatic rings. The Kier molecular flexibility index (Phi) is 4.20. The van der Waals surface area contributed by atoms with Gasteiger partial charge < -0.3 is 5.73 Å². The zero-order valence-electron chi connectivity index (χ0n) is 10.9. The van der Waals surface area contributed by atoms with Crippen molar-refractivity contribution in [1.29, 1.82) is 0 Å². The summed E-state index contributed by atoms with van der Waals surface area (Å²) in [6, 6.07) is 3.58. The summed E-state index contributed by atoms with van der Waals surface area (Å²) in [6.45, 7) is 0.717. The number of aromatic nitrogens is 1. The van der Waals surface area contributed by atoms with Crippen molar-refractivity contribution in [3.8, 4) is 0 Å². The summed E-state index contributed by atoms with van der Waals surface area (Å²) >= 11 is 5.48. The first-order valence-electron chi connectivity index (χ1n) is 5.95. The molecule has 0 aliphatic heterocycles. The van der Waals surface area contributed by atoms with Gasteiger partial charge in [0.2, 0.25) is 0 Å². The molecule has 112 valence electrons. The van der Waals surface area contributed by atoms with E-state index in [1.165, 1.54) is 6.07 Å². The first-order chi connectivity index (χ1) is 9.71. The lowest BCUT2D eigenvalue weighted by atomic mass is 10.00. The normalized spacial score (nSPS) is 13.3. The second-order valence-electron chi connectivity index (χ2n) is 4.61. The second-order valence-corrected chi connectivity index (χ2v) is 4.99. The third kappa shape index (κ3) is 3.16. The van der Waals surface area contributed by atoms with Gasteiger partial charge in [0, 0.05) is 18.7 Å². The van der Waals surface area contributed by atoms with E-state index in [2.05, 4.69) is 4.98 Å². The molecule has 1 unspecified atom stereocenters. The summed E-state index contributed by atoms with van der Waals surface area (Å²) in [5, 5.41) is -0.660. The predicted molar refractivity (Wildman–Crippen MR) is 71.2 cm³/mol. The maximum Gasteiger partial charge on any atom is 0.286 e. The van der Waals surface area contributed by atoms with E-state index in [-0.39, 0.29) is 5.56 Å². The molecular weight excluding hydrogens is 308 g/mol. The molecule has 0 bridgehead atoms. The highest BCUT2D eigenvalue weighted by atomic mass is 35.5. The Labute approximate surface area is 123 Å². The van der Waals surface area contributed by atoms with E-state index in [0.29, 0.717) is 12.5 Å². The van der Waals surface area contributed by atoms with E-state index in [0.717, 1.165) is 24.4 Å². The molecule has 0 spiro atoms. The highest BCUT2D eigenvalue weighted by Gasteiger charge is 2.26. The van der Waals surface area contributed by atoms with Crippen LogP contribution in [0.3, 0.4) is 0 Å². The summed E-state index contributed by atoms with van der Waals surface area (Å²) in [6.07, 6.45) is 1.13. The summed E-state index contributed by atoms with van der Waals surface area (Å²) in [5.74, 6) is -4.95. The highest BCUT2D eigenvalue weighted by molar-refractivity contribution is 6.30. The van der Waals surface area contributed by atoms with Crippen molar-refractivity contribution in [3.05, 3.63) is 63.9 Å². The monoisotopic (exact) mass is 318 g/mol. The Morgan fingerprint density at radius 2 is 1.86 bits per heavy atom. The first kappa shape index (κ1) is 15.7. The van der Waals surface area contributed by atoms with Crippen LogP contribution in [0.4, 0.5) is 17.6 Å². The number of hydrogen-bond donors (Lipinski definition) is 1. The van der Waals surface area contributed by atoms with Gasteiger partial charge >= 0.3 is 0 Å². The van der Waals surface area contributed by atoms with Crippen molar-refractivity contribution in [2.24, 2.45) is 5.73 Å². The van der Waals surface area contributed by atoms with Crippen molar-refractivity contribution in [1.82, 2.24) is 4.98 Å². The molecule has 1 atom stereocenters. The van der Waals surface area contributed by atoms with Crippen LogP contribution >= 0.6 is 11.6 Å². The van der Waals surface area contributed by atoms with Crippen molar-refractivity contribution in [2.75, 3.05) is 0 Å². The van der Waals surface area contributed by atoms with Crippen LogP contribution in [0.5, 0.6) is 0 Å². The Balaban J connectivity index is 2.37. The van der Waals surface area contributed by atoms with E-state index in [9.17, 15) is 17.6 Å². The number of halogens is 5. The maximum absolute atomic E-state index is 13.9. The Bertz CT molecular complexity index is 653. The molecule has 2 nitrogen and oxygen atoms in total. The third-order valence-corrected chi connectivity index (χ3v) is 3.34. The fraction of sp³-hybridized carbons (Fsp3) is 0.214. The summed E-state index contributed by atoms with van der Waals surface area (Å²) in [5.41, 5.74) is 5.69. The van der Waals surface area contributed by atoms with Gasteiger partial charge in [-0.25, -0.2) is 8.78 Å². The quantitative estimate of drug-likeness (QED) is 0.681. The van der Waals surface area contributed by atoms with Gasteiger partial charge in [0.25, 0.3) is 5.92 Å². The number of pyridine rings is 1. The second kappa shape index (κ2) is 5.61. The van der Waals surface area contributed by atoms with Crippen molar-refractivity contribution >= 4 is 11.6 Å². The van der Waals surface area contributed by atoms with Crippen molar-refractivity contribution in [2.45, 2.75) is 18.9 Å². The minimum Gasteiger partial charge on any atom is -0.320 e. The van der Waals surface area contributed by atoms with Crippen LogP contribution in [0.1, 0.15) is 29.8 Å². The molecule has 21 heavy (non-hydrogen) atoms. The molecule has 0 amide bonds. The standard InChI is InChI=1S/C14H11ClF4N2/c1-14(18,19)10-5-2-7(6-21-10)13(20)8-3-4-9(16)11(15)12(8)17/h2-6,13H,20H2,1H3. The highest BCUT2D eigenvalue weighted by Crippen LogP contribution is 2.30. The van der Waals surface area contributed by atoms with Gasteiger partial charge in [0.1, 0.15) is 22.4 Å². The van der Waals surface area contributed by atoms with E-state index in [1.807, 2.05) is 0 Å². The molecule has 1 aromatic heterocycles. The van der Waals surface area contributed by atoms with E-state index in [1.54, 1.807) is 0 Å². The molecule has 2 N–H and O–H groups in total. The minimum absolute atomic E-state index is 0.0424. The molecule has 0 saturated carbocycles. The molecular formula is C14H11ClF4N2. The molecule has 0 radical (unpaired) electrons. The smallest absolute Gasteiger partial charge is 0.286 e. The zero-order chi connectivity index (χ0) is 15.8. The third-order valence-electron chi connectivity index (χ3n) is 3.00. The van der Waals surface area contributed by atoms with Gasteiger partial charge in [-0.2, -0.15) is 8.78 Å². The molecule has 0 fully saturated rings. The van der Waals surface area contributed by atoms with Crippen LogP contribution < -0.4 is 5.73 Å². The average molecular weight is 319 g/mol. The van der Waals surface area contributed by atoms with Crippen LogP contribution in [0.2, 0.25) is 5.02 Å². The summed E-state index contributed by atoms with van der Waals surface area (Å²) < 4.78 is 53.1. The number of alkyl halides is 2. The Hall–Kier alpha value is -1.66. The Morgan fingerprint density at radius 3 is 2.38 bits per heavy atom. The van der Waals surface area contributed by atoms with Crippen LogP contribution in [0.25, 0.3) is 0 Å². The van der Waals surface area contributed by atoms with Gasteiger partial charge in [0.05, 0.1) is 6.04 Å². The summed E-state index contributed by atoms with van der Waals surface area (Å²) in [7, 11) is 0. The minimum atomic E-state index is -3.08. The molecule has 0 aliphatic carbocycles. The van der Waals surface area contributed by atoms with Crippen molar-refractivity contribution < 1.29 is 17.6 Å². The van der Waals surface area contributed by atoms with Gasteiger partial charge in [-0.15, -0.1) is 0 Å². The van der Waals surface area contributed by atoms with Crippen LogP contribution in [0.15, 0.2) is 30.5 Å². The average Bonchev–Trinajstić information content (AvgIpc) is 2.43. The van der Waals surface area contributed by atoms with Crippen LogP contribution in [-0.2, 0) is 5.92 Å². The lowest BCUT2D eigenvalue weighted by molar-refractivity contribution is 0.0127. The number of nitrogens with zero attached hydrogens (tertiary/aromatic N) is 1. The molecule has 0 saturated heterocycles. The molecule has 1 heterocycles. The Morgan fingerprint density at radius 1 is 1.19 bits per heavy atom. The van der Waals surface area contributed by atoms with Crippen molar-refractivity contribution in [3.63, 3.8) is 0 Å². The lowest BCUT2D eigenvalue weighted by Gasteiger charge is -2.15.